The molecular weight excluding hydrogens is 278 g/mol. The lowest BCUT2D eigenvalue weighted by Gasteiger charge is -2.26. The predicted octanol–water partition coefficient (Wildman–Crippen LogP) is 4.15. The molecule has 3 rings (SSSR count). The molecule has 0 spiro atoms. The molecule has 1 fully saturated rings. The fourth-order valence-electron chi connectivity index (χ4n) is 2.79. The molecule has 1 aliphatic carbocycles. The van der Waals surface area contributed by atoms with Crippen LogP contribution in [0.3, 0.4) is 0 Å². The van der Waals surface area contributed by atoms with Crippen molar-refractivity contribution in [2.75, 3.05) is 0 Å². The first-order chi connectivity index (χ1) is 9.97. The second-order valence-corrected chi connectivity index (χ2v) is 7.79. The number of rotatable bonds is 3. The van der Waals surface area contributed by atoms with Crippen molar-refractivity contribution in [3.05, 3.63) is 46.0 Å². The Labute approximate surface area is 130 Å². The van der Waals surface area contributed by atoms with E-state index >= 15 is 0 Å². The van der Waals surface area contributed by atoms with Crippen molar-refractivity contribution in [1.29, 1.82) is 0 Å². The van der Waals surface area contributed by atoms with Crippen molar-refractivity contribution in [3.8, 4) is 0 Å². The number of aromatic nitrogens is 2. The molecule has 21 heavy (non-hydrogen) atoms. The van der Waals surface area contributed by atoms with Gasteiger partial charge in [0.05, 0.1) is 16.6 Å². The van der Waals surface area contributed by atoms with E-state index in [0.29, 0.717) is 0 Å². The van der Waals surface area contributed by atoms with E-state index in [1.165, 1.54) is 36.4 Å². The average molecular weight is 301 g/mol. The number of hydrogen-bond donors (Lipinski definition) is 1. The molecule has 3 nitrogen and oxygen atoms in total. The maximum Gasteiger partial charge on any atom is 0.0860 e. The Morgan fingerprint density at radius 1 is 1.19 bits per heavy atom. The fraction of sp³-hybridized carbons (Fsp3) is 0.529. The molecule has 0 saturated heterocycles. The topological polar surface area (TPSA) is 51.8 Å². The molecule has 0 aliphatic heterocycles. The van der Waals surface area contributed by atoms with Gasteiger partial charge in [-0.1, -0.05) is 55.9 Å². The van der Waals surface area contributed by atoms with Crippen LogP contribution in [0.2, 0.25) is 0 Å². The first kappa shape index (κ1) is 14.7. The third kappa shape index (κ3) is 2.87. The first-order valence-electron chi connectivity index (χ1n) is 7.65. The summed E-state index contributed by atoms with van der Waals surface area (Å²) >= 11 is 1.42. The van der Waals surface area contributed by atoms with Gasteiger partial charge < -0.3 is 5.73 Å². The summed E-state index contributed by atoms with van der Waals surface area (Å²) in [6.45, 7) is 6.46. The Kier molecular flexibility index (Phi) is 3.84. The largest absolute Gasteiger partial charge is 0.320 e. The van der Waals surface area contributed by atoms with Crippen molar-refractivity contribution in [2.45, 2.75) is 57.4 Å². The Hall–Kier alpha value is -1.26. The monoisotopic (exact) mass is 301 g/mol. The molecule has 2 N–H and O–H groups in total. The standard InChI is InChI=1S/C17H23N3S/c1-17(2,3)16-15(21-20-19-16)14(18)13-9-7-12(8-10-13)11-5-4-6-11/h7-11,14H,4-6,18H2,1-3H3. The Balaban J connectivity index is 1.85. The SMILES string of the molecule is CC(C)(C)c1nnsc1C(N)c1ccc(C2CCC2)cc1. The van der Waals surface area contributed by atoms with Gasteiger partial charge in [-0.3, -0.25) is 0 Å². The normalized spacial score (nSPS) is 17.5. The van der Waals surface area contributed by atoms with Gasteiger partial charge in [0.25, 0.3) is 0 Å². The van der Waals surface area contributed by atoms with Gasteiger partial charge in [0.15, 0.2) is 0 Å². The van der Waals surface area contributed by atoms with Crippen molar-refractivity contribution >= 4 is 11.5 Å². The molecular formula is C17H23N3S. The van der Waals surface area contributed by atoms with Gasteiger partial charge in [0, 0.05) is 5.41 Å². The predicted molar refractivity (Wildman–Crippen MR) is 87.7 cm³/mol. The van der Waals surface area contributed by atoms with Crippen LogP contribution in [0.1, 0.15) is 73.7 Å². The van der Waals surface area contributed by atoms with Crippen LogP contribution < -0.4 is 5.73 Å². The van der Waals surface area contributed by atoms with Crippen LogP contribution in [-0.2, 0) is 5.41 Å². The minimum atomic E-state index is -0.130. The van der Waals surface area contributed by atoms with Crippen LogP contribution in [0.4, 0.5) is 0 Å². The summed E-state index contributed by atoms with van der Waals surface area (Å²) in [4.78, 5) is 1.08. The van der Waals surface area contributed by atoms with E-state index in [0.717, 1.165) is 22.1 Å². The van der Waals surface area contributed by atoms with Crippen LogP contribution in [-0.4, -0.2) is 9.59 Å². The van der Waals surface area contributed by atoms with E-state index < -0.39 is 0 Å². The first-order valence-corrected chi connectivity index (χ1v) is 8.42. The molecule has 1 atom stereocenters. The molecule has 112 valence electrons. The highest BCUT2D eigenvalue weighted by Gasteiger charge is 2.26. The lowest BCUT2D eigenvalue weighted by Crippen LogP contribution is -2.19. The van der Waals surface area contributed by atoms with Gasteiger partial charge >= 0.3 is 0 Å². The van der Waals surface area contributed by atoms with Crippen molar-refractivity contribution < 1.29 is 0 Å². The zero-order chi connectivity index (χ0) is 15.0. The average Bonchev–Trinajstić information content (AvgIpc) is 2.86. The second-order valence-electron chi connectivity index (χ2n) is 7.01. The van der Waals surface area contributed by atoms with Gasteiger partial charge in [-0.05, 0) is 41.4 Å². The zero-order valence-corrected chi connectivity index (χ0v) is 13.8. The molecule has 1 aliphatic rings. The van der Waals surface area contributed by atoms with Gasteiger partial charge in [-0.2, -0.15) is 0 Å². The van der Waals surface area contributed by atoms with Crippen molar-refractivity contribution in [3.63, 3.8) is 0 Å². The molecule has 0 amide bonds. The van der Waals surface area contributed by atoms with Crippen molar-refractivity contribution in [2.24, 2.45) is 5.73 Å². The summed E-state index contributed by atoms with van der Waals surface area (Å²) < 4.78 is 4.12. The lowest BCUT2D eigenvalue weighted by molar-refractivity contribution is 0.419. The molecule has 1 saturated carbocycles. The zero-order valence-electron chi connectivity index (χ0n) is 13.0. The van der Waals surface area contributed by atoms with Gasteiger partial charge in [-0.25, -0.2) is 0 Å². The van der Waals surface area contributed by atoms with Gasteiger partial charge in [0.1, 0.15) is 0 Å². The maximum absolute atomic E-state index is 6.46. The van der Waals surface area contributed by atoms with Crippen LogP contribution in [0, 0.1) is 0 Å². The lowest BCUT2D eigenvalue weighted by atomic mass is 9.79. The highest BCUT2D eigenvalue weighted by Crippen LogP contribution is 2.37. The molecule has 0 bridgehead atoms. The van der Waals surface area contributed by atoms with Gasteiger partial charge in [-0.15, -0.1) is 5.10 Å². The van der Waals surface area contributed by atoms with Gasteiger partial charge in [0.2, 0.25) is 0 Å². The van der Waals surface area contributed by atoms with E-state index in [1.54, 1.807) is 0 Å². The van der Waals surface area contributed by atoms with E-state index in [-0.39, 0.29) is 11.5 Å². The van der Waals surface area contributed by atoms with E-state index in [2.05, 4.69) is 54.6 Å². The summed E-state index contributed by atoms with van der Waals surface area (Å²) in [7, 11) is 0. The highest BCUT2D eigenvalue weighted by atomic mass is 32.1. The maximum atomic E-state index is 6.46. The Morgan fingerprint density at radius 3 is 2.38 bits per heavy atom. The number of nitrogens with two attached hydrogens (primary N) is 1. The van der Waals surface area contributed by atoms with Crippen LogP contribution in [0.25, 0.3) is 0 Å². The quantitative estimate of drug-likeness (QED) is 0.926. The van der Waals surface area contributed by atoms with Crippen LogP contribution in [0.5, 0.6) is 0 Å². The number of benzene rings is 1. The fourth-order valence-corrected chi connectivity index (χ4v) is 3.68. The second kappa shape index (κ2) is 5.50. The third-order valence-corrected chi connectivity index (χ3v) is 5.19. The summed E-state index contributed by atoms with van der Waals surface area (Å²) in [5.74, 6) is 0.769. The Bertz CT molecular complexity index is 606. The molecule has 1 aromatic heterocycles. The molecule has 1 aromatic carbocycles. The van der Waals surface area contributed by atoms with E-state index in [4.69, 9.17) is 5.73 Å². The molecule has 4 heteroatoms. The highest BCUT2D eigenvalue weighted by molar-refractivity contribution is 7.05. The van der Waals surface area contributed by atoms with E-state index in [1.807, 2.05) is 0 Å². The molecule has 1 heterocycles. The number of nitrogens with zero attached hydrogens (tertiary/aromatic N) is 2. The van der Waals surface area contributed by atoms with Crippen molar-refractivity contribution in [1.82, 2.24) is 9.59 Å². The van der Waals surface area contributed by atoms with E-state index in [9.17, 15) is 0 Å². The molecule has 2 aromatic rings. The summed E-state index contributed by atoms with van der Waals surface area (Å²) in [5.41, 5.74) is 10.1. The smallest absolute Gasteiger partial charge is 0.0860 e. The minimum absolute atomic E-state index is 0.0220. The van der Waals surface area contributed by atoms with Crippen LogP contribution >= 0.6 is 11.5 Å². The molecule has 0 radical (unpaired) electrons. The Morgan fingerprint density at radius 2 is 1.86 bits per heavy atom. The minimum Gasteiger partial charge on any atom is -0.320 e. The third-order valence-electron chi connectivity index (χ3n) is 4.38. The number of hydrogen-bond acceptors (Lipinski definition) is 4. The van der Waals surface area contributed by atoms with Crippen LogP contribution in [0.15, 0.2) is 24.3 Å². The summed E-state index contributed by atoms with van der Waals surface area (Å²) in [5, 5.41) is 4.29. The summed E-state index contributed by atoms with van der Waals surface area (Å²) in [6.07, 6.45) is 4.03. The summed E-state index contributed by atoms with van der Waals surface area (Å²) in [6, 6.07) is 8.69. The molecule has 1 unspecified atom stereocenters.